The molecule has 0 saturated heterocycles. The number of hydrogen-bond donors (Lipinski definition) is 0. The van der Waals surface area contributed by atoms with E-state index < -0.39 is 5.97 Å². The van der Waals surface area contributed by atoms with E-state index in [1.165, 1.54) is 4.90 Å². The van der Waals surface area contributed by atoms with Gasteiger partial charge in [-0.2, -0.15) is 0 Å². The summed E-state index contributed by atoms with van der Waals surface area (Å²) in [7, 11) is 1.55. The van der Waals surface area contributed by atoms with Crippen molar-refractivity contribution in [1.29, 1.82) is 0 Å². The molecular formula is C10H18BrNO4. The maximum absolute atomic E-state index is 11.7. The standard InChI is InChI=1S/C10H18BrNO4/c1-4-16-9(13)7-12(5-6-15-3)10(14)8(2)11/h8H,4-7H2,1-3H3. The fourth-order valence-electron chi connectivity index (χ4n) is 1.08. The lowest BCUT2D eigenvalue weighted by Crippen LogP contribution is -2.41. The Morgan fingerprint density at radius 2 is 2.06 bits per heavy atom. The molecular weight excluding hydrogens is 278 g/mol. The highest BCUT2D eigenvalue weighted by Crippen LogP contribution is 2.04. The molecule has 0 spiro atoms. The Labute approximate surface area is 104 Å². The average molecular weight is 296 g/mol. The molecule has 0 heterocycles. The normalized spacial score (nSPS) is 12.0. The summed E-state index contributed by atoms with van der Waals surface area (Å²) in [6, 6.07) is 0. The summed E-state index contributed by atoms with van der Waals surface area (Å²) >= 11 is 3.18. The summed E-state index contributed by atoms with van der Waals surface area (Å²) in [6.07, 6.45) is 0. The van der Waals surface area contributed by atoms with E-state index in [4.69, 9.17) is 9.47 Å². The third kappa shape index (κ3) is 6.07. The molecule has 0 aromatic rings. The Hall–Kier alpha value is -0.620. The van der Waals surface area contributed by atoms with E-state index in [1.54, 1.807) is 21.0 Å². The van der Waals surface area contributed by atoms with E-state index in [9.17, 15) is 9.59 Å². The third-order valence-electron chi connectivity index (χ3n) is 1.84. The van der Waals surface area contributed by atoms with Gasteiger partial charge in [-0.25, -0.2) is 0 Å². The van der Waals surface area contributed by atoms with Crippen LogP contribution in [0.5, 0.6) is 0 Å². The fraction of sp³-hybridized carbons (Fsp3) is 0.800. The molecule has 0 radical (unpaired) electrons. The summed E-state index contributed by atoms with van der Waals surface area (Å²) in [5.41, 5.74) is 0. The second-order valence-corrected chi connectivity index (χ2v) is 4.55. The van der Waals surface area contributed by atoms with Gasteiger partial charge in [-0.05, 0) is 13.8 Å². The van der Waals surface area contributed by atoms with Crippen LogP contribution in [0.15, 0.2) is 0 Å². The molecule has 0 saturated carbocycles. The lowest BCUT2D eigenvalue weighted by molar-refractivity contribution is -0.149. The minimum Gasteiger partial charge on any atom is -0.465 e. The van der Waals surface area contributed by atoms with Crippen molar-refractivity contribution in [2.75, 3.05) is 33.4 Å². The summed E-state index contributed by atoms with van der Waals surface area (Å²) in [6.45, 7) is 4.50. The van der Waals surface area contributed by atoms with Crippen molar-refractivity contribution >= 4 is 27.8 Å². The molecule has 0 N–H and O–H groups in total. The molecule has 1 amide bonds. The molecule has 0 aliphatic rings. The number of amides is 1. The first kappa shape index (κ1) is 15.4. The topological polar surface area (TPSA) is 55.8 Å². The van der Waals surface area contributed by atoms with Crippen LogP contribution in [0, 0.1) is 0 Å². The third-order valence-corrected chi connectivity index (χ3v) is 2.23. The smallest absolute Gasteiger partial charge is 0.325 e. The minimum atomic E-state index is -0.403. The van der Waals surface area contributed by atoms with E-state index >= 15 is 0 Å². The summed E-state index contributed by atoms with van der Waals surface area (Å²) in [4.78, 5) is 24.1. The molecule has 0 aromatic heterocycles. The van der Waals surface area contributed by atoms with Crippen LogP contribution in [0.3, 0.4) is 0 Å². The van der Waals surface area contributed by atoms with Crippen molar-refractivity contribution in [1.82, 2.24) is 4.90 Å². The first-order chi connectivity index (χ1) is 7.52. The van der Waals surface area contributed by atoms with Gasteiger partial charge >= 0.3 is 5.97 Å². The Balaban J connectivity index is 4.30. The zero-order valence-electron chi connectivity index (χ0n) is 9.86. The Kier molecular flexibility index (Phi) is 8.19. The van der Waals surface area contributed by atoms with E-state index in [2.05, 4.69) is 15.9 Å². The van der Waals surface area contributed by atoms with Gasteiger partial charge < -0.3 is 14.4 Å². The molecule has 1 unspecified atom stereocenters. The highest BCUT2D eigenvalue weighted by Gasteiger charge is 2.20. The van der Waals surface area contributed by atoms with Gasteiger partial charge in [0.05, 0.1) is 18.0 Å². The zero-order valence-corrected chi connectivity index (χ0v) is 11.4. The maximum Gasteiger partial charge on any atom is 0.325 e. The van der Waals surface area contributed by atoms with Gasteiger partial charge in [-0.15, -0.1) is 0 Å². The van der Waals surface area contributed by atoms with Gasteiger partial charge in [0.25, 0.3) is 0 Å². The first-order valence-corrected chi connectivity index (χ1v) is 6.01. The number of rotatable bonds is 7. The number of carbonyl (C=O) groups excluding carboxylic acids is 2. The summed E-state index contributed by atoms with van der Waals surface area (Å²) in [5, 5.41) is 0. The van der Waals surface area contributed by atoms with Gasteiger partial charge in [0.1, 0.15) is 6.54 Å². The Morgan fingerprint density at radius 3 is 2.50 bits per heavy atom. The molecule has 0 fully saturated rings. The number of nitrogens with zero attached hydrogens (tertiary/aromatic N) is 1. The van der Waals surface area contributed by atoms with Crippen molar-refractivity contribution in [3.63, 3.8) is 0 Å². The number of halogens is 1. The zero-order chi connectivity index (χ0) is 12.6. The predicted octanol–water partition coefficient (Wildman–Crippen LogP) is 0.808. The largest absolute Gasteiger partial charge is 0.465 e. The van der Waals surface area contributed by atoms with E-state index in [0.29, 0.717) is 19.8 Å². The quantitative estimate of drug-likeness (QED) is 0.515. The number of alkyl halides is 1. The van der Waals surface area contributed by atoms with Crippen LogP contribution in [0.2, 0.25) is 0 Å². The molecule has 0 aromatic carbocycles. The highest BCUT2D eigenvalue weighted by molar-refractivity contribution is 9.10. The monoisotopic (exact) mass is 295 g/mol. The SMILES string of the molecule is CCOC(=O)CN(CCOC)C(=O)C(C)Br. The van der Waals surface area contributed by atoms with Crippen LogP contribution in [0.25, 0.3) is 0 Å². The van der Waals surface area contributed by atoms with Crippen molar-refractivity contribution in [3.8, 4) is 0 Å². The highest BCUT2D eigenvalue weighted by atomic mass is 79.9. The van der Waals surface area contributed by atoms with Crippen LogP contribution in [0.1, 0.15) is 13.8 Å². The Morgan fingerprint density at radius 1 is 1.44 bits per heavy atom. The molecule has 0 aliphatic heterocycles. The van der Waals surface area contributed by atoms with Gasteiger partial charge in [-0.3, -0.25) is 9.59 Å². The average Bonchev–Trinajstić information content (AvgIpc) is 2.23. The van der Waals surface area contributed by atoms with E-state index in [0.717, 1.165) is 0 Å². The lowest BCUT2D eigenvalue weighted by atomic mass is 10.3. The van der Waals surface area contributed by atoms with Crippen molar-refractivity contribution in [2.45, 2.75) is 18.7 Å². The molecule has 0 rings (SSSR count). The Bertz CT molecular complexity index is 233. The molecule has 6 heteroatoms. The van der Waals surface area contributed by atoms with Gasteiger partial charge in [-0.1, -0.05) is 15.9 Å². The lowest BCUT2D eigenvalue weighted by Gasteiger charge is -2.22. The molecule has 1 atom stereocenters. The van der Waals surface area contributed by atoms with E-state index in [1.807, 2.05) is 0 Å². The number of ether oxygens (including phenoxy) is 2. The number of hydrogen-bond acceptors (Lipinski definition) is 4. The van der Waals surface area contributed by atoms with Crippen molar-refractivity contribution in [3.05, 3.63) is 0 Å². The second kappa shape index (κ2) is 8.52. The van der Waals surface area contributed by atoms with Crippen molar-refractivity contribution in [2.24, 2.45) is 0 Å². The predicted molar refractivity (Wildman–Crippen MR) is 63.5 cm³/mol. The number of esters is 1. The summed E-state index contributed by atoms with van der Waals surface area (Å²) in [5.74, 6) is -0.551. The van der Waals surface area contributed by atoms with E-state index in [-0.39, 0.29) is 17.3 Å². The van der Waals surface area contributed by atoms with Gasteiger partial charge in [0.15, 0.2) is 0 Å². The summed E-state index contributed by atoms with van der Waals surface area (Å²) < 4.78 is 9.68. The number of methoxy groups -OCH3 is 1. The number of carbonyl (C=O) groups is 2. The molecule has 94 valence electrons. The van der Waals surface area contributed by atoms with Crippen LogP contribution in [-0.2, 0) is 19.1 Å². The first-order valence-electron chi connectivity index (χ1n) is 5.10. The van der Waals surface area contributed by atoms with Crippen LogP contribution >= 0.6 is 15.9 Å². The molecule has 16 heavy (non-hydrogen) atoms. The van der Waals surface area contributed by atoms with Gasteiger partial charge in [0, 0.05) is 13.7 Å². The molecule has 5 nitrogen and oxygen atoms in total. The van der Waals surface area contributed by atoms with Crippen molar-refractivity contribution < 1.29 is 19.1 Å². The van der Waals surface area contributed by atoms with Gasteiger partial charge in [0.2, 0.25) is 5.91 Å². The minimum absolute atomic E-state index is 0.0357. The van der Waals surface area contributed by atoms with Crippen LogP contribution < -0.4 is 0 Å². The second-order valence-electron chi connectivity index (χ2n) is 3.17. The molecule has 0 bridgehead atoms. The fourth-order valence-corrected chi connectivity index (χ4v) is 1.37. The molecule has 0 aliphatic carbocycles. The van der Waals surface area contributed by atoms with Crippen LogP contribution in [0.4, 0.5) is 0 Å². The van der Waals surface area contributed by atoms with Crippen LogP contribution in [-0.4, -0.2) is 55.0 Å². The maximum atomic E-state index is 11.7.